The molecule has 1 aromatic rings. The van der Waals surface area contributed by atoms with E-state index in [0.29, 0.717) is 24.5 Å². The first-order chi connectivity index (χ1) is 7.31. The van der Waals surface area contributed by atoms with Gasteiger partial charge in [0.1, 0.15) is 6.61 Å². The first-order valence-electron chi connectivity index (χ1n) is 4.66. The zero-order chi connectivity index (χ0) is 10.7. The summed E-state index contributed by atoms with van der Waals surface area (Å²) in [5.74, 6) is 6.15. The highest BCUT2D eigenvalue weighted by Crippen LogP contribution is 2.20. The second-order valence-corrected chi connectivity index (χ2v) is 3.57. The van der Waals surface area contributed by atoms with E-state index >= 15 is 0 Å². The molecule has 1 aromatic carbocycles. The normalized spacial score (nSPS) is 12.7. The highest BCUT2D eigenvalue weighted by Gasteiger charge is 2.20. The predicted molar refractivity (Wildman–Crippen MR) is 57.8 cm³/mol. The molecule has 0 atom stereocenters. The minimum absolute atomic E-state index is 0.258. The van der Waals surface area contributed by atoms with Crippen molar-refractivity contribution in [2.24, 2.45) is 0 Å². The summed E-state index contributed by atoms with van der Waals surface area (Å²) in [5.41, 5.74) is 2.40. The molecule has 1 heterocycles. The average molecular weight is 221 g/mol. The third kappa shape index (κ3) is 2.14. The molecular formula is C12H9ClO2. The van der Waals surface area contributed by atoms with Gasteiger partial charge in [-0.3, -0.25) is 0 Å². The molecule has 0 aromatic heterocycles. The number of carbonyl (C=O) groups excluding carboxylic acids is 1. The van der Waals surface area contributed by atoms with Crippen molar-refractivity contribution in [3.05, 3.63) is 34.9 Å². The molecule has 0 amide bonds. The van der Waals surface area contributed by atoms with E-state index < -0.39 is 0 Å². The molecule has 0 saturated carbocycles. The number of ether oxygens (including phenoxy) is 1. The molecule has 1 aliphatic rings. The molecule has 0 bridgehead atoms. The maximum Gasteiger partial charge on any atom is 0.338 e. The molecule has 1 aliphatic heterocycles. The van der Waals surface area contributed by atoms with Crippen molar-refractivity contribution in [3.63, 3.8) is 0 Å². The van der Waals surface area contributed by atoms with Crippen LogP contribution in [0.3, 0.4) is 0 Å². The maximum atomic E-state index is 11.3. The van der Waals surface area contributed by atoms with Gasteiger partial charge in [0, 0.05) is 23.4 Å². The quantitative estimate of drug-likeness (QED) is 0.413. The van der Waals surface area contributed by atoms with Crippen molar-refractivity contribution in [3.8, 4) is 11.8 Å². The minimum Gasteiger partial charge on any atom is -0.457 e. The summed E-state index contributed by atoms with van der Waals surface area (Å²) in [7, 11) is 0. The Hall–Kier alpha value is -1.46. The van der Waals surface area contributed by atoms with Gasteiger partial charge in [-0.25, -0.2) is 4.79 Å². The number of hydrogen-bond donors (Lipinski definition) is 0. The van der Waals surface area contributed by atoms with Crippen molar-refractivity contribution in [2.75, 3.05) is 5.88 Å². The molecule has 0 spiro atoms. The number of halogens is 1. The largest absolute Gasteiger partial charge is 0.457 e. The first kappa shape index (κ1) is 10.1. The van der Waals surface area contributed by atoms with E-state index in [1.165, 1.54) is 0 Å². The fraction of sp³-hybridized carbons (Fsp3) is 0.250. The zero-order valence-corrected chi connectivity index (χ0v) is 8.80. The van der Waals surface area contributed by atoms with Gasteiger partial charge < -0.3 is 4.74 Å². The lowest BCUT2D eigenvalue weighted by atomic mass is 10.1. The van der Waals surface area contributed by atoms with Crippen molar-refractivity contribution >= 4 is 17.6 Å². The fourth-order valence-electron chi connectivity index (χ4n) is 1.40. The number of carbonyl (C=O) groups is 1. The second-order valence-electron chi connectivity index (χ2n) is 3.19. The molecule has 15 heavy (non-hydrogen) atoms. The summed E-state index contributed by atoms with van der Waals surface area (Å²) in [5, 5.41) is 0. The lowest BCUT2D eigenvalue weighted by Crippen LogP contribution is -1.93. The van der Waals surface area contributed by atoms with E-state index in [2.05, 4.69) is 11.8 Å². The van der Waals surface area contributed by atoms with E-state index in [0.717, 1.165) is 11.1 Å². The summed E-state index contributed by atoms with van der Waals surface area (Å²) in [6, 6.07) is 5.54. The topological polar surface area (TPSA) is 26.3 Å². The van der Waals surface area contributed by atoms with Crippen LogP contribution in [0.2, 0.25) is 0 Å². The number of cyclic esters (lactones) is 1. The molecule has 0 unspecified atom stereocenters. The van der Waals surface area contributed by atoms with Gasteiger partial charge in [-0.2, -0.15) is 0 Å². The van der Waals surface area contributed by atoms with Crippen LogP contribution in [0.4, 0.5) is 0 Å². The molecule has 2 nitrogen and oxygen atoms in total. The Morgan fingerprint density at radius 3 is 3.13 bits per heavy atom. The Morgan fingerprint density at radius 1 is 1.47 bits per heavy atom. The van der Waals surface area contributed by atoms with Crippen LogP contribution < -0.4 is 0 Å². The Balaban J connectivity index is 2.27. The van der Waals surface area contributed by atoms with Crippen LogP contribution >= 0.6 is 11.6 Å². The SMILES string of the molecule is O=C1OCc2ccc(C#CCCCl)cc21. The van der Waals surface area contributed by atoms with Crippen LogP contribution in [-0.4, -0.2) is 11.8 Å². The minimum atomic E-state index is -0.258. The molecule has 0 N–H and O–H groups in total. The van der Waals surface area contributed by atoms with Crippen LogP contribution in [-0.2, 0) is 11.3 Å². The highest BCUT2D eigenvalue weighted by atomic mass is 35.5. The van der Waals surface area contributed by atoms with Crippen molar-refractivity contribution < 1.29 is 9.53 Å². The van der Waals surface area contributed by atoms with Crippen molar-refractivity contribution in [1.82, 2.24) is 0 Å². The van der Waals surface area contributed by atoms with Gasteiger partial charge in [-0.05, 0) is 12.1 Å². The highest BCUT2D eigenvalue weighted by molar-refractivity contribution is 6.18. The fourth-order valence-corrected chi connectivity index (χ4v) is 1.50. The number of alkyl halides is 1. The molecule has 0 saturated heterocycles. The molecular weight excluding hydrogens is 212 g/mol. The van der Waals surface area contributed by atoms with E-state index in [9.17, 15) is 4.79 Å². The van der Waals surface area contributed by atoms with Gasteiger partial charge >= 0.3 is 5.97 Å². The van der Waals surface area contributed by atoms with E-state index in [4.69, 9.17) is 16.3 Å². The summed E-state index contributed by atoms with van der Waals surface area (Å²) < 4.78 is 4.90. The Labute approximate surface area is 93.2 Å². The number of benzene rings is 1. The Kier molecular flexibility index (Phi) is 2.94. The van der Waals surface area contributed by atoms with Crippen LogP contribution in [0.15, 0.2) is 18.2 Å². The van der Waals surface area contributed by atoms with Crippen LogP contribution in [0.5, 0.6) is 0 Å². The number of hydrogen-bond acceptors (Lipinski definition) is 2. The summed E-state index contributed by atoms with van der Waals surface area (Å²) in [6.45, 7) is 0.379. The van der Waals surface area contributed by atoms with Gasteiger partial charge in [0.2, 0.25) is 0 Å². The van der Waals surface area contributed by atoms with Gasteiger partial charge in [0.15, 0.2) is 0 Å². The third-order valence-corrected chi connectivity index (χ3v) is 2.33. The average Bonchev–Trinajstić information content (AvgIpc) is 2.61. The summed E-state index contributed by atoms with van der Waals surface area (Å²) in [4.78, 5) is 11.3. The van der Waals surface area contributed by atoms with Gasteiger partial charge in [0.05, 0.1) is 5.56 Å². The van der Waals surface area contributed by atoms with E-state index in [1.54, 1.807) is 6.07 Å². The number of rotatable bonds is 1. The molecule has 0 aliphatic carbocycles. The summed E-state index contributed by atoms with van der Waals surface area (Å²) in [6.07, 6.45) is 0.656. The lowest BCUT2D eigenvalue weighted by Gasteiger charge is -1.94. The van der Waals surface area contributed by atoms with Gasteiger partial charge in [0.25, 0.3) is 0 Å². The van der Waals surface area contributed by atoms with E-state index in [-0.39, 0.29) is 5.97 Å². The maximum absolute atomic E-state index is 11.3. The first-order valence-corrected chi connectivity index (χ1v) is 5.19. The Bertz CT molecular complexity index is 454. The molecule has 3 heteroatoms. The zero-order valence-electron chi connectivity index (χ0n) is 8.05. The Morgan fingerprint density at radius 2 is 2.33 bits per heavy atom. The third-order valence-electron chi connectivity index (χ3n) is 2.14. The molecule has 76 valence electrons. The van der Waals surface area contributed by atoms with Gasteiger partial charge in [-0.15, -0.1) is 11.6 Å². The van der Waals surface area contributed by atoms with Gasteiger partial charge in [-0.1, -0.05) is 17.9 Å². The smallest absolute Gasteiger partial charge is 0.338 e. The lowest BCUT2D eigenvalue weighted by molar-refractivity contribution is 0.0535. The van der Waals surface area contributed by atoms with Crippen molar-refractivity contribution in [1.29, 1.82) is 0 Å². The van der Waals surface area contributed by atoms with Crippen LogP contribution in [0.25, 0.3) is 0 Å². The van der Waals surface area contributed by atoms with Crippen LogP contribution in [0.1, 0.15) is 27.9 Å². The molecule has 2 rings (SSSR count). The van der Waals surface area contributed by atoms with Crippen molar-refractivity contribution in [2.45, 2.75) is 13.0 Å². The van der Waals surface area contributed by atoms with E-state index in [1.807, 2.05) is 12.1 Å². The number of fused-ring (bicyclic) bond motifs is 1. The number of esters is 1. The standard InChI is InChI=1S/C12H9ClO2/c13-6-2-1-3-9-4-5-10-8-15-12(14)11(10)7-9/h4-5,7H,2,6,8H2. The summed E-state index contributed by atoms with van der Waals surface area (Å²) >= 11 is 5.51. The molecule has 0 fully saturated rings. The second kappa shape index (κ2) is 4.37. The predicted octanol–water partition coefficient (Wildman–Crippen LogP) is 2.34. The molecule has 0 radical (unpaired) electrons. The van der Waals surface area contributed by atoms with Crippen LogP contribution in [0, 0.1) is 11.8 Å². The monoisotopic (exact) mass is 220 g/mol.